The zero-order valence-corrected chi connectivity index (χ0v) is 15.5. The van der Waals surface area contributed by atoms with Crippen LogP contribution >= 0.6 is 31.9 Å². The van der Waals surface area contributed by atoms with Gasteiger partial charge in [-0.25, -0.2) is 0 Å². The molecule has 0 N–H and O–H groups in total. The summed E-state index contributed by atoms with van der Waals surface area (Å²) in [4.78, 5) is 12.5. The first-order valence-electron chi connectivity index (χ1n) is 6.87. The van der Waals surface area contributed by atoms with Crippen LogP contribution in [0.5, 0.6) is 0 Å². The molecule has 0 radical (unpaired) electrons. The molecule has 0 saturated heterocycles. The molecule has 0 saturated carbocycles. The van der Waals surface area contributed by atoms with E-state index < -0.39 is 0 Å². The van der Waals surface area contributed by atoms with Gasteiger partial charge in [0, 0.05) is 5.56 Å². The summed E-state index contributed by atoms with van der Waals surface area (Å²) in [6.45, 7) is 6.05. The van der Waals surface area contributed by atoms with Gasteiger partial charge in [0.05, 0.1) is 9.65 Å². The number of benzene rings is 2. The summed E-state index contributed by atoms with van der Waals surface area (Å²) in [5.74, 6) is 0.121. The monoisotopic (exact) mass is 408 g/mol. The van der Waals surface area contributed by atoms with Crippen molar-refractivity contribution in [3.8, 4) is 0 Å². The van der Waals surface area contributed by atoms with Crippen molar-refractivity contribution in [3.63, 3.8) is 0 Å². The lowest BCUT2D eigenvalue weighted by Crippen LogP contribution is -2.21. The van der Waals surface area contributed by atoms with Crippen LogP contribution in [0.1, 0.15) is 37.4 Å². The highest BCUT2D eigenvalue weighted by Crippen LogP contribution is 2.34. The SMILES string of the molecule is Cc1cc(C)c(C(=O)[C@@H](Br)[C@@H](Br)c2ccccc2)c(C)c1. The van der Waals surface area contributed by atoms with Crippen LogP contribution in [0.3, 0.4) is 0 Å². The zero-order valence-electron chi connectivity index (χ0n) is 12.4. The quantitative estimate of drug-likeness (QED) is 0.467. The smallest absolute Gasteiger partial charge is 0.178 e. The molecule has 0 spiro atoms. The van der Waals surface area contributed by atoms with Crippen LogP contribution in [0.15, 0.2) is 42.5 Å². The fraction of sp³-hybridized carbons (Fsp3) is 0.278. The number of ketones is 1. The fourth-order valence-corrected chi connectivity index (χ4v) is 3.72. The Kier molecular flexibility index (Phi) is 5.39. The number of alkyl halides is 2. The van der Waals surface area contributed by atoms with Crippen molar-refractivity contribution in [2.75, 3.05) is 0 Å². The van der Waals surface area contributed by atoms with Gasteiger partial charge in [0.1, 0.15) is 0 Å². The molecule has 0 unspecified atom stereocenters. The molecule has 21 heavy (non-hydrogen) atoms. The molecule has 1 nitrogen and oxygen atoms in total. The third kappa shape index (κ3) is 3.64. The molecule has 110 valence electrons. The number of hydrogen-bond donors (Lipinski definition) is 0. The number of hydrogen-bond acceptors (Lipinski definition) is 1. The molecule has 2 rings (SSSR count). The molecule has 0 aromatic heterocycles. The maximum atomic E-state index is 12.8. The molecule has 2 atom stereocenters. The van der Waals surface area contributed by atoms with E-state index in [0.29, 0.717) is 0 Å². The van der Waals surface area contributed by atoms with Crippen molar-refractivity contribution in [2.24, 2.45) is 0 Å². The van der Waals surface area contributed by atoms with Crippen molar-refractivity contribution in [1.82, 2.24) is 0 Å². The summed E-state index contributed by atoms with van der Waals surface area (Å²) < 4.78 is 0. The lowest BCUT2D eigenvalue weighted by Gasteiger charge is -2.19. The van der Waals surface area contributed by atoms with Crippen LogP contribution in [-0.2, 0) is 0 Å². The second kappa shape index (κ2) is 6.89. The number of carbonyl (C=O) groups is 1. The van der Waals surface area contributed by atoms with Gasteiger partial charge in [-0.2, -0.15) is 0 Å². The highest BCUT2D eigenvalue weighted by Gasteiger charge is 2.27. The molecule has 0 bridgehead atoms. The topological polar surface area (TPSA) is 17.1 Å². The summed E-state index contributed by atoms with van der Waals surface area (Å²) >= 11 is 7.22. The maximum Gasteiger partial charge on any atom is 0.178 e. The Morgan fingerprint density at radius 1 is 0.952 bits per heavy atom. The Morgan fingerprint density at radius 2 is 1.48 bits per heavy atom. The first kappa shape index (κ1) is 16.4. The van der Waals surface area contributed by atoms with Crippen LogP contribution < -0.4 is 0 Å². The van der Waals surface area contributed by atoms with Gasteiger partial charge in [0.15, 0.2) is 5.78 Å². The van der Waals surface area contributed by atoms with Crippen LogP contribution in [-0.4, -0.2) is 10.6 Å². The molecule has 0 heterocycles. The Labute approximate surface area is 143 Å². The highest BCUT2D eigenvalue weighted by atomic mass is 79.9. The summed E-state index contributed by atoms with van der Waals surface area (Å²) in [6, 6.07) is 14.1. The molecule has 2 aromatic carbocycles. The Hall–Kier alpha value is -0.930. The summed E-state index contributed by atoms with van der Waals surface area (Å²) in [7, 11) is 0. The van der Waals surface area contributed by atoms with E-state index in [-0.39, 0.29) is 15.4 Å². The summed E-state index contributed by atoms with van der Waals surface area (Å²) in [6.07, 6.45) is 0. The fourth-order valence-electron chi connectivity index (χ4n) is 2.65. The first-order chi connectivity index (χ1) is 9.91. The van der Waals surface area contributed by atoms with Gasteiger partial charge in [-0.05, 0) is 37.5 Å². The predicted octanol–water partition coefficient (Wildman–Crippen LogP) is 5.69. The lowest BCUT2D eigenvalue weighted by atomic mass is 9.93. The molecule has 0 amide bonds. The van der Waals surface area contributed by atoms with Gasteiger partial charge >= 0.3 is 0 Å². The second-order valence-corrected chi connectivity index (χ2v) is 7.33. The normalized spacial score (nSPS) is 13.8. The molecule has 0 aliphatic rings. The minimum Gasteiger partial charge on any atom is -0.293 e. The van der Waals surface area contributed by atoms with Crippen molar-refractivity contribution >= 4 is 37.6 Å². The molecular formula is C18H18Br2O. The third-order valence-electron chi connectivity index (χ3n) is 3.55. The average Bonchev–Trinajstić information content (AvgIpc) is 2.45. The van der Waals surface area contributed by atoms with Crippen LogP contribution in [0.4, 0.5) is 0 Å². The molecule has 3 heteroatoms. The van der Waals surface area contributed by atoms with E-state index in [1.807, 2.05) is 44.2 Å². The number of carbonyl (C=O) groups excluding carboxylic acids is 1. The second-order valence-electron chi connectivity index (χ2n) is 5.35. The van der Waals surface area contributed by atoms with Gasteiger partial charge in [-0.1, -0.05) is 79.9 Å². The van der Waals surface area contributed by atoms with Gasteiger partial charge < -0.3 is 0 Å². The molecule has 0 fully saturated rings. The van der Waals surface area contributed by atoms with Gasteiger partial charge in [-0.15, -0.1) is 0 Å². The van der Waals surface area contributed by atoms with E-state index >= 15 is 0 Å². The van der Waals surface area contributed by atoms with E-state index in [0.717, 1.165) is 22.3 Å². The standard InChI is InChI=1S/C18H18Br2O/c1-11-9-12(2)15(13(3)10-11)18(21)17(20)16(19)14-7-5-4-6-8-14/h4-10,16-17H,1-3H3/t16-,17-/m0/s1. The predicted molar refractivity (Wildman–Crippen MR) is 95.8 cm³/mol. The largest absolute Gasteiger partial charge is 0.293 e. The van der Waals surface area contributed by atoms with E-state index in [1.54, 1.807) is 0 Å². The van der Waals surface area contributed by atoms with Crippen LogP contribution in [0.25, 0.3) is 0 Å². The Bertz CT molecular complexity index is 627. The molecule has 0 aliphatic heterocycles. The Balaban J connectivity index is 2.32. The zero-order chi connectivity index (χ0) is 15.6. The number of rotatable bonds is 4. The van der Waals surface area contributed by atoms with Crippen molar-refractivity contribution in [2.45, 2.75) is 30.4 Å². The third-order valence-corrected chi connectivity index (χ3v) is 6.26. The van der Waals surface area contributed by atoms with Crippen LogP contribution in [0.2, 0.25) is 0 Å². The average molecular weight is 410 g/mol. The maximum absolute atomic E-state index is 12.8. The lowest BCUT2D eigenvalue weighted by molar-refractivity contribution is 0.0989. The van der Waals surface area contributed by atoms with Gasteiger partial charge in [0.2, 0.25) is 0 Å². The summed E-state index contributed by atoms with van der Waals surface area (Å²) in [5.41, 5.74) is 5.17. The van der Waals surface area contributed by atoms with E-state index in [1.165, 1.54) is 5.56 Å². The Morgan fingerprint density at radius 3 is 2.00 bits per heavy atom. The molecular weight excluding hydrogens is 392 g/mol. The van der Waals surface area contributed by atoms with Crippen molar-refractivity contribution < 1.29 is 4.79 Å². The molecule has 0 aliphatic carbocycles. The number of Topliss-reactive ketones (excluding diaryl/α,β-unsaturated/α-hetero) is 1. The van der Waals surface area contributed by atoms with Gasteiger partial charge in [-0.3, -0.25) is 4.79 Å². The highest BCUT2D eigenvalue weighted by molar-refractivity contribution is 9.12. The minimum absolute atomic E-state index is 0.0497. The number of halogens is 2. The minimum atomic E-state index is -0.292. The first-order valence-corrected chi connectivity index (χ1v) is 8.70. The van der Waals surface area contributed by atoms with Crippen molar-refractivity contribution in [1.29, 1.82) is 0 Å². The number of aryl methyl sites for hydroxylation is 3. The van der Waals surface area contributed by atoms with Gasteiger partial charge in [0.25, 0.3) is 0 Å². The van der Waals surface area contributed by atoms with Crippen molar-refractivity contribution in [3.05, 3.63) is 70.3 Å². The van der Waals surface area contributed by atoms with E-state index in [2.05, 4.69) is 50.9 Å². The van der Waals surface area contributed by atoms with Crippen LogP contribution in [0, 0.1) is 20.8 Å². The molecule has 2 aromatic rings. The van der Waals surface area contributed by atoms with E-state index in [4.69, 9.17) is 0 Å². The summed E-state index contributed by atoms with van der Waals surface area (Å²) in [5, 5.41) is 0. The van der Waals surface area contributed by atoms with E-state index in [9.17, 15) is 4.79 Å².